The van der Waals surface area contributed by atoms with Crippen LogP contribution in [-0.2, 0) is 13.1 Å². The Hall–Kier alpha value is -3.85. The molecule has 0 saturated heterocycles. The van der Waals surface area contributed by atoms with Crippen molar-refractivity contribution in [2.45, 2.75) is 13.1 Å². The number of fused-ring (bicyclic) bond motifs is 1. The summed E-state index contributed by atoms with van der Waals surface area (Å²) in [5.41, 5.74) is 0.633. The number of methoxy groups -OCH3 is 2. The fourth-order valence-corrected chi connectivity index (χ4v) is 4.14. The summed E-state index contributed by atoms with van der Waals surface area (Å²) in [7, 11) is 3.14. The molecule has 164 valence electrons. The summed E-state index contributed by atoms with van der Waals surface area (Å²) < 4.78 is 10.7. The minimum Gasteiger partial charge on any atom is -0.493 e. The van der Waals surface area contributed by atoms with E-state index < -0.39 is 11.1 Å². The number of carbonyl (C=O) groups excluding carboxylic acids is 1. The molecular weight excluding hydrogens is 430 g/mol. The second kappa shape index (κ2) is 9.11. The number of thiophene rings is 1. The zero-order valence-electron chi connectivity index (χ0n) is 17.5. The summed E-state index contributed by atoms with van der Waals surface area (Å²) in [6.45, 7) is 0.766. The van der Waals surface area contributed by atoms with Crippen LogP contribution in [-0.4, -0.2) is 35.0 Å². The molecule has 0 aliphatic carbocycles. The van der Waals surface area contributed by atoms with Crippen molar-refractivity contribution in [3.63, 3.8) is 0 Å². The lowest BCUT2D eigenvalue weighted by Gasteiger charge is -2.23. The monoisotopic (exact) mass is 451 g/mol. The molecule has 2 heterocycles. The first-order valence-electron chi connectivity index (χ1n) is 9.77. The Labute approximate surface area is 187 Å². The maximum Gasteiger partial charge on any atom is 0.314 e. The molecule has 2 aromatic carbocycles. The van der Waals surface area contributed by atoms with Crippen molar-refractivity contribution < 1.29 is 14.3 Å². The van der Waals surface area contributed by atoms with E-state index in [-0.39, 0.29) is 5.91 Å². The molecule has 0 radical (unpaired) electrons. The van der Waals surface area contributed by atoms with E-state index >= 15 is 0 Å². The van der Waals surface area contributed by atoms with Gasteiger partial charge in [0.2, 0.25) is 0 Å². The van der Waals surface area contributed by atoms with Crippen LogP contribution < -0.4 is 20.6 Å². The molecule has 9 heteroatoms. The highest BCUT2D eigenvalue weighted by Crippen LogP contribution is 2.29. The Bertz CT molecular complexity index is 1370. The summed E-state index contributed by atoms with van der Waals surface area (Å²) >= 11 is 1.57. The van der Waals surface area contributed by atoms with Gasteiger partial charge in [0.25, 0.3) is 5.91 Å². The Morgan fingerprint density at radius 2 is 1.66 bits per heavy atom. The van der Waals surface area contributed by atoms with Gasteiger partial charge in [-0.15, -0.1) is 11.3 Å². The number of benzene rings is 2. The van der Waals surface area contributed by atoms with Crippen molar-refractivity contribution in [3.05, 3.63) is 90.6 Å². The van der Waals surface area contributed by atoms with Crippen molar-refractivity contribution in [1.82, 2.24) is 14.9 Å². The second-order valence-electron chi connectivity index (χ2n) is 7.10. The van der Waals surface area contributed by atoms with Gasteiger partial charge in [0, 0.05) is 17.0 Å². The van der Waals surface area contributed by atoms with Crippen molar-refractivity contribution in [3.8, 4) is 11.5 Å². The molecule has 4 aromatic rings. The van der Waals surface area contributed by atoms with Crippen LogP contribution in [0.1, 0.15) is 20.8 Å². The number of amides is 1. The van der Waals surface area contributed by atoms with E-state index in [9.17, 15) is 14.4 Å². The van der Waals surface area contributed by atoms with Crippen LogP contribution in [0.3, 0.4) is 0 Å². The smallest absolute Gasteiger partial charge is 0.314 e. The summed E-state index contributed by atoms with van der Waals surface area (Å²) in [5, 5.41) is 1.96. The number of ether oxygens (including phenoxy) is 2. The average Bonchev–Trinajstić information content (AvgIpc) is 3.31. The van der Waals surface area contributed by atoms with Crippen LogP contribution in [0, 0.1) is 0 Å². The van der Waals surface area contributed by atoms with E-state index in [4.69, 9.17) is 9.47 Å². The van der Waals surface area contributed by atoms with Gasteiger partial charge in [-0.2, -0.15) is 0 Å². The van der Waals surface area contributed by atoms with Crippen LogP contribution in [0.25, 0.3) is 11.0 Å². The predicted molar refractivity (Wildman–Crippen MR) is 123 cm³/mol. The minimum atomic E-state index is -0.761. The number of H-pyrrole nitrogens is 2. The number of aromatic amines is 2. The number of nitrogens with zero attached hydrogens (tertiary/aromatic N) is 1. The zero-order chi connectivity index (χ0) is 22.7. The molecule has 0 atom stereocenters. The van der Waals surface area contributed by atoms with Crippen LogP contribution in [0.5, 0.6) is 11.5 Å². The summed E-state index contributed by atoms with van der Waals surface area (Å²) in [6, 6.07) is 14.3. The molecule has 4 rings (SSSR count). The fraction of sp³-hybridized carbons (Fsp3) is 0.174. The average molecular weight is 452 g/mol. The van der Waals surface area contributed by atoms with Gasteiger partial charge >= 0.3 is 11.1 Å². The standard InChI is InChI=1S/C23H21N3O5S/c1-30-19-8-5-14(10-20(19)31-2)12-26(13-16-4-3-9-32-16)23(29)15-6-7-17-18(11-15)25-22(28)21(27)24-17/h3-11H,12-13H2,1-2H3,(H,24,27)(H,25,28). The van der Waals surface area contributed by atoms with E-state index in [0.717, 1.165) is 10.4 Å². The molecule has 2 aromatic heterocycles. The van der Waals surface area contributed by atoms with Crippen molar-refractivity contribution in [1.29, 1.82) is 0 Å². The Morgan fingerprint density at radius 1 is 0.906 bits per heavy atom. The second-order valence-corrected chi connectivity index (χ2v) is 8.13. The molecule has 0 unspecified atom stereocenters. The number of carbonyl (C=O) groups is 1. The lowest BCUT2D eigenvalue weighted by atomic mass is 10.1. The van der Waals surface area contributed by atoms with E-state index in [2.05, 4.69) is 9.97 Å². The molecular formula is C23H21N3O5S. The first kappa shape index (κ1) is 21.4. The van der Waals surface area contributed by atoms with Gasteiger partial charge in [-0.25, -0.2) is 0 Å². The maximum atomic E-state index is 13.5. The highest BCUT2D eigenvalue weighted by atomic mass is 32.1. The summed E-state index contributed by atoms with van der Waals surface area (Å²) in [4.78, 5) is 44.5. The lowest BCUT2D eigenvalue weighted by Crippen LogP contribution is -2.31. The molecule has 0 bridgehead atoms. The van der Waals surface area contributed by atoms with Crippen molar-refractivity contribution >= 4 is 28.3 Å². The molecule has 0 fully saturated rings. The first-order valence-corrected chi connectivity index (χ1v) is 10.7. The molecule has 8 nitrogen and oxygen atoms in total. The summed E-state index contributed by atoms with van der Waals surface area (Å²) in [6.07, 6.45) is 0. The Kier molecular flexibility index (Phi) is 6.09. The topological polar surface area (TPSA) is 104 Å². The zero-order valence-corrected chi connectivity index (χ0v) is 18.3. The van der Waals surface area contributed by atoms with Gasteiger partial charge in [-0.1, -0.05) is 12.1 Å². The summed E-state index contributed by atoms with van der Waals surface area (Å²) in [5.74, 6) is 0.989. The highest BCUT2D eigenvalue weighted by molar-refractivity contribution is 7.09. The van der Waals surface area contributed by atoms with Crippen LogP contribution in [0.15, 0.2) is 63.5 Å². The first-order chi connectivity index (χ1) is 15.5. The lowest BCUT2D eigenvalue weighted by molar-refractivity contribution is 0.0732. The van der Waals surface area contributed by atoms with E-state index in [1.807, 2.05) is 29.6 Å². The number of hydrogen-bond acceptors (Lipinski definition) is 6. The van der Waals surface area contributed by atoms with Gasteiger partial charge in [0.1, 0.15) is 0 Å². The number of nitrogens with one attached hydrogen (secondary N) is 2. The molecule has 32 heavy (non-hydrogen) atoms. The van der Waals surface area contributed by atoms with Crippen LogP contribution >= 0.6 is 11.3 Å². The van der Waals surface area contributed by atoms with Crippen molar-refractivity contribution in [2.24, 2.45) is 0 Å². The third-order valence-corrected chi connectivity index (χ3v) is 5.87. The normalized spacial score (nSPS) is 10.8. The quantitative estimate of drug-likeness (QED) is 0.420. The van der Waals surface area contributed by atoms with Gasteiger partial charge in [0.05, 0.1) is 31.8 Å². The molecule has 0 spiro atoms. The molecule has 0 saturated carbocycles. The number of rotatable bonds is 7. The van der Waals surface area contributed by atoms with Crippen LogP contribution in [0.2, 0.25) is 0 Å². The molecule has 2 N–H and O–H groups in total. The number of hydrogen-bond donors (Lipinski definition) is 2. The molecule has 1 amide bonds. The SMILES string of the molecule is COc1ccc(CN(Cc2cccs2)C(=O)c2ccc3[nH]c(=O)c(=O)[nH]c3c2)cc1OC. The fourth-order valence-electron chi connectivity index (χ4n) is 3.42. The predicted octanol–water partition coefficient (Wildman–Crippen LogP) is 3.14. The molecule has 0 aliphatic rings. The number of aromatic nitrogens is 2. The van der Waals surface area contributed by atoms with Gasteiger partial charge in [0.15, 0.2) is 11.5 Å². The van der Waals surface area contributed by atoms with Gasteiger partial charge in [-0.3, -0.25) is 14.4 Å². The van der Waals surface area contributed by atoms with E-state index in [0.29, 0.717) is 41.2 Å². The Balaban J connectivity index is 1.69. The largest absolute Gasteiger partial charge is 0.493 e. The van der Waals surface area contributed by atoms with E-state index in [1.165, 1.54) is 0 Å². The third-order valence-electron chi connectivity index (χ3n) is 5.00. The maximum absolute atomic E-state index is 13.5. The van der Waals surface area contributed by atoms with Gasteiger partial charge in [-0.05, 0) is 47.3 Å². The Morgan fingerprint density at radius 3 is 2.34 bits per heavy atom. The van der Waals surface area contributed by atoms with E-state index in [1.54, 1.807) is 54.7 Å². The van der Waals surface area contributed by atoms with Crippen molar-refractivity contribution in [2.75, 3.05) is 14.2 Å². The molecule has 0 aliphatic heterocycles. The minimum absolute atomic E-state index is 0.206. The van der Waals surface area contributed by atoms with Gasteiger partial charge < -0.3 is 24.3 Å². The highest BCUT2D eigenvalue weighted by Gasteiger charge is 2.19. The van der Waals surface area contributed by atoms with Crippen LogP contribution in [0.4, 0.5) is 0 Å². The third kappa shape index (κ3) is 4.42.